The fraction of sp³-hybridized carbons (Fsp3) is 0. The zero-order valence-electron chi connectivity index (χ0n) is 12.1. The first-order chi connectivity index (χ1) is 10.9. The summed E-state index contributed by atoms with van der Waals surface area (Å²) in [6, 6.07) is 31.0. The summed E-state index contributed by atoms with van der Waals surface area (Å²) in [5, 5.41) is 1.11. The van der Waals surface area contributed by atoms with E-state index in [1.165, 1.54) is 0 Å². The summed E-state index contributed by atoms with van der Waals surface area (Å²) in [7, 11) is 0. The molecule has 4 aromatic rings. The molecule has 0 aliphatic heterocycles. The molecular weight excluding hydrogens is 268 g/mol. The Hall–Kier alpha value is -2.93. The molecule has 104 valence electrons. The Morgan fingerprint density at radius 3 is 1.86 bits per heavy atom. The zero-order valence-corrected chi connectivity index (χ0v) is 12.1. The number of fused-ring (bicyclic) bond motifs is 1. The van der Waals surface area contributed by atoms with Crippen LogP contribution in [0.2, 0.25) is 0 Å². The van der Waals surface area contributed by atoms with Crippen LogP contribution in [0.3, 0.4) is 0 Å². The van der Waals surface area contributed by atoms with Crippen molar-refractivity contribution in [2.45, 2.75) is 0 Å². The molecule has 1 nitrogen and oxygen atoms in total. The first kappa shape index (κ1) is 12.8. The number of benzene rings is 3. The molecule has 4 rings (SSSR count). The van der Waals surface area contributed by atoms with E-state index in [9.17, 15) is 0 Å². The van der Waals surface area contributed by atoms with Crippen molar-refractivity contribution >= 4 is 11.0 Å². The van der Waals surface area contributed by atoms with Crippen LogP contribution in [-0.4, -0.2) is 0 Å². The Kier molecular flexibility index (Phi) is 3.17. The Labute approximate surface area is 129 Å². The van der Waals surface area contributed by atoms with Gasteiger partial charge in [-0.05, 0) is 29.8 Å². The fourth-order valence-corrected chi connectivity index (χ4v) is 2.71. The van der Waals surface area contributed by atoms with Crippen LogP contribution in [0.1, 0.15) is 0 Å². The normalized spacial score (nSPS) is 10.7. The van der Waals surface area contributed by atoms with Gasteiger partial charge in [-0.3, -0.25) is 0 Å². The SMILES string of the molecule is c1ccc(-c2cc3ccccc3[o+]c2-c2ccccc2)cc1. The van der Waals surface area contributed by atoms with E-state index in [2.05, 4.69) is 48.5 Å². The highest BCUT2D eigenvalue weighted by molar-refractivity contribution is 5.89. The van der Waals surface area contributed by atoms with Gasteiger partial charge in [-0.15, -0.1) is 0 Å². The highest BCUT2D eigenvalue weighted by Gasteiger charge is 2.22. The molecule has 0 amide bonds. The topological polar surface area (TPSA) is 11.3 Å². The van der Waals surface area contributed by atoms with Crippen molar-refractivity contribution in [1.82, 2.24) is 0 Å². The number of hydrogen-bond acceptors (Lipinski definition) is 0. The van der Waals surface area contributed by atoms with Gasteiger partial charge < -0.3 is 0 Å². The van der Waals surface area contributed by atoms with Crippen LogP contribution >= 0.6 is 0 Å². The Bertz CT molecular complexity index is 834. The molecule has 0 aliphatic carbocycles. The van der Waals surface area contributed by atoms with Gasteiger partial charge in [-0.1, -0.05) is 60.7 Å². The zero-order chi connectivity index (χ0) is 14.8. The first-order valence-corrected chi connectivity index (χ1v) is 7.38. The van der Waals surface area contributed by atoms with Crippen LogP contribution in [0.25, 0.3) is 33.4 Å². The van der Waals surface area contributed by atoms with Crippen molar-refractivity contribution in [2.75, 3.05) is 0 Å². The van der Waals surface area contributed by atoms with Gasteiger partial charge in [0, 0.05) is 6.07 Å². The van der Waals surface area contributed by atoms with E-state index in [0.29, 0.717) is 0 Å². The second-order valence-corrected chi connectivity index (χ2v) is 5.26. The predicted octanol–water partition coefficient (Wildman–Crippen LogP) is 6.05. The van der Waals surface area contributed by atoms with Gasteiger partial charge in [-0.25, -0.2) is 4.42 Å². The van der Waals surface area contributed by atoms with Crippen LogP contribution in [0.5, 0.6) is 0 Å². The van der Waals surface area contributed by atoms with Crippen LogP contribution < -0.4 is 0 Å². The maximum atomic E-state index is 6.23. The standard InChI is InChI=1S/C21H15O/c1-3-9-16(10-4-1)19-15-18-13-7-8-14-20(18)22-21(19)17-11-5-2-6-12-17/h1-15H/q+1. The summed E-state index contributed by atoms with van der Waals surface area (Å²) in [6.45, 7) is 0. The van der Waals surface area contributed by atoms with Crippen LogP contribution in [0, 0.1) is 0 Å². The van der Waals surface area contributed by atoms with E-state index < -0.39 is 0 Å². The summed E-state index contributed by atoms with van der Waals surface area (Å²) >= 11 is 0. The average Bonchev–Trinajstić information content (AvgIpc) is 2.62. The van der Waals surface area contributed by atoms with Crippen molar-refractivity contribution in [1.29, 1.82) is 0 Å². The van der Waals surface area contributed by atoms with E-state index in [-0.39, 0.29) is 0 Å². The fourth-order valence-electron chi connectivity index (χ4n) is 2.71. The minimum atomic E-state index is 0.904. The minimum absolute atomic E-state index is 0.904. The third-order valence-corrected chi connectivity index (χ3v) is 3.80. The molecule has 0 radical (unpaired) electrons. The van der Waals surface area contributed by atoms with Crippen molar-refractivity contribution in [3.8, 4) is 22.5 Å². The lowest BCUT2D eigenvalue weighted by Crippen LogP contribution is -1.86. The van der Waals surface area contributed by atoms with Crippen LogP contribution in [-0.2, 0) is 0 Å². The molecule has 1 heteroatoms. The van der Waals surface area contributed by atoms with E-state index in [4.69, 9.17) is 4.42 Å². The highest BCUT2D eigenvalue weighted by Crippen LogP contribution is 2.35. The molecule has 0 saturated carbocycles. The van der Waals surface area contributed by atoms with Gasteiger partial charge in [0.25, 0.3) is 0 Å². The maximum absolute atomic E-state index is 6.23. The lowest BCUT2D eigenvalue weighted by molar-refractivity contribution is 0.622. The van der Waals surface area contributed by atoms with Crippen LogP contribution in [0.4, 0.5) is 0 Å². The average molecular weight is 283 g/mol. The van der Waals surface area contributed by atoms with Gasteiger partial charge in [0.2, 0.25) is 0 Å². The Balaban J connectivity index is 2.04. The largest absolute Gasteiger partial charge is 0.368 e. The lowest BCUT2D eigenvalue weighted by Gasteiger charge is -2.02. The number of rotatable bonds is 2. The van der Waals surface area contributed by atoms with Gasteiger partial charge in [0.15, 0.2) is 0 Å². The van der Waals surface area contributed by atoms with Gasteiger partial charge in [0.05, 0.1) is 16.5 Å². The molecule has 0 saturated heterocycles. The van der Waals surface area contributed by atoms with E-state index in [1.807, 2.05) is 42.5 Å². The summed E-state index contributed by atoms with van der Waals surface area (Å²) in [6.07, 6.45) is 0. The van der Waals surface area contributed by atoms with Gasteiger partial charge in [0.1, 0.15) is 0 Å². The van der Waals surface area contributed by atoms with Gasteiger partial charge in [-0.2, -0.15) is 0 Å². The van der Waals surface area contributed by atoms with Crippen LogP contribution in [0.15, 0.2) is 95.4 Å². The second-order valence-electron chi connectivity index (χ2n) is 5.26. The summed E-state index contributed by atoms with van der Waals surface area (Å²) in [4.78, 5) is 0. The van der Waals surface area contributed by atoms with Crippen molar-refractivity contribution in [3.05, 3.63) is 91.0 Å². The molecule has 0 spiro atoms. The molecule has 1 heterocycles. The van der Waals surface area contributed by atoms with Crippen molar-refractivity contribution < 1.29 is 4.42 Å². The predicted molar refractivity (Wildman–Crippen MR) is 91.5 cm³/mol. The molecule has 0 N–H and O–H groups in total. The molecule has 0 atom stereocenters. The van der Waals surface area contributed by atoms with E-state index in [0.717, 1.165) is 33.4 Å². The van der Waals surface area contributed by atoms with E-state index >= 15 is 0 Å². The summed E-state index contributed by atoms with van der Waals surface area (Å²) < 4.78 is 6.23. The maximum Gasteiger partial charge on any atom is 0.368 e. The molecule has 22 heavy (non-hydrogen) atoms. The van der Waals surface area contributed by atoms with Crippen molar-refractivity contribution in [2.24, 2.45) is 0 Å². The number of para-hydroxylation sites is 1. The molecule has 1 aromatic heterocycles. The van der Waals surface area contributed by atoms with Gasteiger partial charge >= 0.3 is 11.3 Å². The van der Waals surface area contributed by atoms with Crippen molar-refractivity contribution in [3.63, 3.8) is 0 Å². The Morgan fingerprint density at radius 1 is 0.545 bits per heavy atom. The summed E-state index contributed by atoms with van der Waals surface area (Å²) in [5.74, 6) is 0.908. The monoisotopic (exact) mass is 283 g/mol. The first-order valence-electron chi connectivity index (χ1n) is 7.38. The summed E-state index contributed by atoms with van der Waals surface area (Å²) in [5.41, 5.74) is 4.27. The third kappa shape index (κ3) is 2.27. The Morgan fingerprint density at radius 2 is 1.14 bits per heavy atom. The lowest BCUT2D eigenvalue weighted by atomic mass is 9.99. The molecule has 0 bridgehead atoms. The second kappa shape index (κ2) is 5.45. The molecule has 0 unspecified atom stereocenters. The quantitative estimate of drug-likeness (QED) is 0.408. The van der Waals surface area contributed by atoms with E-state index in [1.54, 1.807) is 0 Å². The molecule has 0 fully saturated rings. The smallest absolute Gasteiger partial charge is 0.206 e. The number of hydrogen-bond donors (Lipinski definition) is 0. The minimum Gasteiger partial charge on any atom is -0.206 e. The highest BCUT2D eigenvalue weighted by atomic mass is 16.3. The molecule has 0 aliphatic rings. The molecular formula is C21H15O+. The molecule has 3 aromatic carbocycles. The third-order valence-electron chi connectivity index (χ3n) is 3.80.